The predicted molar refractivity (Wildman–Crippen MR) is 157 cm³/mol. The molecule has 2 aromatic carbocycles. The fraction of sp³-hybridized carbons (Fsp3) is 0.452. The smallest absolute Gasteiger partial charge is 0.410 e. The Morgan fingerprint density at radius 1 is 0.714 bits per heavy atom. The second kappa shape index (κ2) is 17.9. The van der Waals surface area contributed by atoms with Crippen LogP contribution in [-0.2, 0) is 46.5 Å². The molecule has 0 saturated carbocycles. The summed E-state index contributed by atoms with van der Waals surface area (Å²) in [6.45, 7) is 6.21. The zero-order valence-electron chi connectivity index (χ0n) is 24.1. The molecule has 0 radical (unpaired) electrons. The molecule has 0 aromatic heterocycles. The third-order valence-corrected chi connectivity index (χ3v) is 6.78. The maximum atomic E-state index is 12.0. The molecule has 1 amide bonds. The van der Waals surface area contributed by atoms with Gasteiger partial charge in [-0.1, -0.05) is 60.7 Å². The van der Waals surface area contributed by atoms with Crippen molar-refractivity contribution < 1.29 is 38.2 Å². The number of benzene rings is 2. The molecule has 0 N–H and O–H groups in total. The third-order valence-electron chi connectivity index (χ3n) is 6.78. The van der Waals surface area contributed by atoms with Gasteiger partial charge in [-0.25, -0.2) is 4.79 Å². The van der Waals surface area contributed by atoms with Crippen LogP contribution in [0, 0.1) is 11.8 Å². The molecule has 2 atom stereocenters. The summed E-state index contributed by atoms with van der Waals surface area (Å²) in [6, 6.07) is 19.3. The maximum Gasteiger partial charge on any atom is 0.410 e. The Hall–Kier alpha value is -3.76. The molecule has 228 valence electrons. The molecule has 2 aromatic rings. The minimum absolute atomic E-state index is 0. The standard InChI is InChI=1S/C16H19NO5.C15H19NO3.ClH/c1-2-21-15(19)13-8-9-17(10-14(13)18)16(20)22-11-12-6-4-3-5-7-12;1-2-19-15(18)13-8-9-16(11-14(13)17)10-12-6-4-3-5-7-12;/h3-7,13H,2,8-11H2,1H3;3-7,13H,2,8-11H2,1H3;1H. The average molecular weight is 603 g/mol. The van der Waals surface area contributed by atoms with Crippen molar-refractivity contribution in [3.8, 4) is 0 Å². The van der Waals surface area contributed by atoms with Crippen molar-refractivity contribution >= 4 is 42.0 Å². The molecule has 4 rings (SSSR count). The van der Waals surface area contributed by atoms with Gasteiger partial charge in [0.2, 0.25) is 0 Å². The van der Waals surface area contributed by atoms with Crippen LogP contribution in [-0.4, -0.2) is 78.8 Å². The summed E-state index contributed by atoms with van der Waals surface area (Å²) in [6.07, 6.45) is 0.294. The summed E-state index contributed by atoms with van der Waals surface area (Å²) in [4.78, 5) is 62.5. The van der Waals surface area contributed by atoms with E-state index in [1.165, 1.54) is 10.5 Å². The highest BCUT2D eigenvalue weighted by atomic mass is 35.5. The van der Waals surface area contributed by atoms with E-state index >= 15 is 0 Å². The summed E-state index contributed by atoms with van der Waals surface area (Å²) in [5, 5.41) is 0. The van der Waals surface area contributed by atoms with E-state index in [9.17, 15) is 24.0 Å². The first-order valence-corrected chi connectivity index (χ1v) is 13.9. The number of halogens is 1. The molecule has 2 aliphatic heterocycles. The Labute approximate surface area is 252 Å². The lowest BCUT2D eigenvalue weighted by molar-refractivity contribution is -0.155. The summed E-state index contributed by atoms with van der Waals surface area (Å²) in [5.41, 5.74) is 2.06. The van der Waals surface area contributed by atoms with Gasteiger partial charge in [0.25, 0.3) is 0 Å². The van der Waals surface area contributed by atoms with Crippen LogP contribution >= 0.6 is 12.4 Å². The van der Waals surface area contributed by atoms with Crippen molar-refractivity contribution in [1.29, 1.82) is 0 Å². The van der Waals surface area contributed by atoms with Crippen molar-refractivity contribution in [2.45, 2.75) is 39.8 Å². The number of rotatable bonds is 8. The van der Waals surface area contributed by atoms with Crippen LogP contribution in [0.15, 0.2) is 60.7 Å². The lowest BCUT2D eigenvalue weighted by atomic mass is 9.95. The van der Waals surface area contributed by atoms with Crippen LogP contribution in [0.2, 0.25) is 0 Å². The van der Waals surface area contributed by atoms with E-state index in [-0.39, 0.29) is 56.1 Å². The Kier molecular flexibility index (Phi) is 14.7. The Bertz CT molecular complexity index is 1180. The van der Waals surface area contributed by atoms with Gasteiger partial charge < -0.3 is 19.1 Å². The highest BCUT2D eigenvalue weighted by Gasteiger charge is 2.36. The number of hydrogen-bond acceptors (Lipinski definition) is 9. The number of carbonyl (C=O) groups excluding carboxylic acids is 5. The van der Waals surface area contributed by atoms with E-state index in [2.05, 4.69) is 4.90 Å². The third kappa shape index (κ3) is 10.6. The number of nitrogens with zero attached hydrogens (tertiary/aromatic N) is 2. The lowest BCUT2D eigenvalue weighted by Gasteiger charge is -2.29. The van der Waals surface area contributed by atoms with E-state index in [0.29, 0.717) is 26.1 Å². The van der Waals surface area contributed by atoms with E-state index in [0.717, 1.165) is 18.7 Å². The van der Waals surface area contributed by atoms with Gasteiger partial charge in [-0.15, -0.1) is 12.4 Å². The highest BCUT2D eigenvalue weighted by Crippen LogP contribution is 2.18. The highest BCUT2D eigenvalue weighted by molar-refractivity contribution is 6.01. The van der Waals surface area contributed by atoms with Crippen molar-refractivity contribution in [2.24, 2.45) is 11.8 Å². The SMILES string of the molecule is CCOC(=O)C1CCN(C(=O)OCc2ccccc2)CC1=O.CCOC(=O)C1CCN(Cc2ccccc2)CC1=O.Cl. The van der Waals surface area contributed by atoms with Gasteiger partial charge in [-0.2, -0.15) is 0 Å². The fourth-order valence-electron chi connectivity index (χ4n) is 4.63. The molecule has 2 aliphatic rings. The number of esters is 2. The first-order valence-electron chi connectivity index (χ1n) is 13.9. The molecule has 11 heteroatoms. The number of ether oxygens (including phenoxy) is 3. The topological polar surface area (TPSA) is 120 Å². The van der Waals surface area contributed by atoms with Crippen LogP contribution in [0.5, 0.6) is 0 Å². The van der Waals surface area contributed by atoms with E-state index in [1.54, 1.807) is 13.8 Å². The number of hydrogen-bond donors (Lipinski definition) is 0. The van der Waals surface area contributed by atoms with Crippen LogP contribution in [0.25, 0.3) is 0 Å². The normalized spacial score (nSPS) is 18.6. The first kappa shape index (κ1) is 34.4. The Balaban J connectivity index is 0.000000289. The molecule has 2 heterocycles. The van der Waals surface area contributed by atoms with Gasteiger partial charge in [-0.05, 0) is 37.8 Å². The molecule has 42 heavy (non-hydrogen) atoms. The van der Waals surface area contributed by atoms with Crippen LogP contribution < -0.4 is 0 Å². The molecular weight excluding hydrogens is 564 g/mol. The Morgan fingerprint density at radius 3 is 1.71 bits per heavy atom. The largest absolute Gasteiger partial charge is 0.465 e. The van der Waals surface area contributed by atoms with Gasteiger partial charge in [0, 0.05) is 19.6 Å². The molecule has 0 aliphatic carbocycles. The zero-order chi connectivity index (χ0) is 29.6. The average Bonchev–Trinajstić information content (AvgIpc) is 2.97. The van der Waals surface area contributed by atoms with Crippen LogP contribution in [0.3, 0.4) is 0 Å². The number of carbonyl (C=O) groups is 5. The van der Waals surface area contributed by atoms with Gasteiger partial charge >= 0.3 is 18.0 Å². The second-order valence-corrected chi connectivity index (χ2v) is 9.78. The van der Waals surface area contributed by atoms with E-state index in [4.69, 9.17) is 14.2 Å². The monoisotopic (exact) mass is 602 g/mol. The molecular formula is C31H39ClN2O8. The second-order valence-electron chi connectivity index (χ2n) is 9.78. The van der Waals surface area contributed by atoms with Gasteiger partial charge in [0.15, 0.2) is 11.6 Å². The minimum atomic E-state index is -0.766. The van der Waals surface area contributed by atoms with Gasteiger partial charge in [-0.3, -0.25) is 24.1 Å². The lowest BCUT2D eigenvalue weighted by Crippen LogP contribution is -2.46. The number of Topliss-reactive ketones (excluding diaryl/α,β-unsaturated/α-hetero) is 2. The zero-order valence-corrected chi connectivity index (χ0v) is 24.9. The molecule has 0 bridgehead atoms. The molecule has 2 saturated heterocycles. The molecule has 10 nitrogen and oxygen atoms in total. The van der Waals surface area contributed by atoms with Crippen molar-refractivity contribution in [3.05, 3.63) is 71.8 Å². The number of piperidine rings is 2. The number of amides is 1. The van der Waals surface area contributed by atoms with Crippen molar-refractivity contribution in [3.63, 3.8) is 0 Å². The van der Waals surface area contributed by atoms with E-state index < -0.39 is 23.9 Å². The number of likely N-dealkylation sites (tertiary alicyclic amines) is 2. The quantitative estimate of drug-likeness (QED) is 0.252. The van der Waals surface area contributed by atoms with Crippen molar-refractivity contribution in [2.75, 3.05) is 39.4 Å². The fourth-order valence-corrected chi connectivity index (χ4v) is 4.63. The minimum Gasteiger partial charge on any atom is -0.465 e. The van der Waals surface area contributed by atoms with E-state index in [1.807, 2.05) is 60.7 Å². The van der Waals surface area contributed by atoms with Crippen molar-refractivity contribution in [1.82, 2.24) is 9.80 Å². The van der Waals surface area contributed by atoms with Crippen LogP contribution in [0.1, 0.15) is 37.8 Å². The summed E-state index contributed by atoms with van der Waals surface area (Å²) in [7, 11) is 0. The van der Waals surface area contributed by atoms with Gasteiger partial charge in [0.05, 0.1) is 26.3 Å². The first-order chi connectivity index (χ1) is 19.8. The van der Waals surface area contributed by atoms with Gasteiger partial charge in [0.1, 0.15) is 18.4 Å². The summed E-state index contributed by atoms with van der Waals surface area (Å²) >= 11 is 0. The number of ketones is 2. The summed E-state index contributed by atoms with van der Waals surface area (Å²) < 4.78 is 15.0. The predicted octanol–water partition coefficient (Wildman–Crippen LogP) is 3.84. The molecule has 0 spiro atoms. The Morgan fingerprint density at radius 2 is 1.21 bits per heavy atom. The van der Waals surface area contributed by atoms with Crippen LogP contribution in [0.4, 0.5) is 4.79 Å². The summed E-state index contributed by atoms with van der Waals surface area (Å²) in [5.74, 6) is -2.54. The maximum absolute atomic E-state index is 12.0. The molecule has 2 unspecified atom stereocenters. The molecule has 2 fully saturated rings.